The number of methoxy groups -OCH3 is 1. The number of aliphatic hydroxyl groups excluding tert-OH is 1. The fraction of sp³-hybridized carbons (Fsp3) is 0.538. The average molecular weight is 224 g/mol. The molecule has 0 amide bonds. The second kappa shape index (κ2) is 4.42. The van der Waals surface area contributed by atoms with Gasteiger partial charge in [-0.1, -0.05) is 6.07 Å². The van der Waals surface area contributed by atoms with E-state index >= 15 is 0 Å². The number of rotatable bonds is 4. The summed E-state index contributed by atoms with van der Waals surface area (Å²) in [5, 5.41) is 9.27. The SMILES string of the molecule is COc1ccc(C2CC2CC(C)O)c(F)c1. The third-order valence-corrected chi connectivity index (χ3v) is 3.17. The number of benzene rings is 1. The third-order valence-electron chi connectivity index (χ3n) is 3.17. The number of hydrogen-bond acceptors (Lipinski definition) is 2. The van der Waals surface area contributed by atoms with Crippen LogP contribution >= 0.6 is 0 Å². The van der Waals surface area contributed by atoms with Crippen LogP contribution in [0.4, 0.5) is 4.39 Å². The van der Waals surface area contributed by atoms with E-state index in [1.807, 2.05) is 0 Å². The van der Waals surface area contributed by atoms with Gasteiger partial charge in [-0.2, -0.15) is 0 Å². The van der Waals surface area contributed by atoms with E-state index in [2.05, 4.69) is 0 Å². The Morgan fingerprint density at radius 2 is 2.31 bits per heavy atom. The first-order valence-corrected chi connectivity index (χ1v) is 5.63. The highest BCUT2D eigenvalue weighted by Crippen LogP contribution is 2.51. The van der Waals surface area contributed by atoms with E-state index < -0.39 is 0 Å². The second-order valence-corrected chi connectivity index (χ2v) is 4.57. The van der Waals surface area contributed by atoms with Gasteiger partial charge in [0, 0.05) is 6.07 Å². The molecule has 1 aliphatic rings. The van der Waals surface area contributed by atoms with Crippen LogP contribution in [0.3, 0.4) is 0 Å². The number of halogens is 1. The molecule has 16 heavy (non-hydrogen) atoms. The van der Waals surface area contributed by atoms with Gasteiger partial charge in [0.05, 0.1) is 13.2 Å². The Hall–Kier alpha value is -1.09. The third kappa shape index (κ3) is 2.35. The number of hydrogen-bond donors (Lipinski definition) is 1. The van der Waals surface area contributed by atoms with E-state index in [0.717, 1.165) is 18.4 Å². The lowest BCUT2D eigenvalue weighted by molar-refractivity contribution is 0.176. The zero-order valence-electron chi connectivity index (χ0n) is 9.61. The maximum absolute atomic E-state index is 13.7. The molecule has 3 heteroatoms. The molecule has 1 fully saturated rings. The van der Waals surface area contributed by atoms with Crippen molar-refractivity contribution in [3.05, 3.63) is 29.6 Å². The summed E-state index contributed by atoms with van der Waals surface area (Å²) in [4.78, 5) is 0. The van der Waals surface area contributed by atoms with Crippen LogP contribution in [-0.2, 0) is 0 Å². The molecule has 1 aliphatic carbocycles. The lowest BCUT2D eigenvalue weighted by Gasteiger charge is -2.06. The smallest absolute Gasteiger partial charge is 0.130 e. The van der Waals surface area contributed by atoms with Gasteiger partial charge in [0.2, 0.25) is 0 Å². The van der Waals surface area contributed by atoms with Crippen molar-refractivity contribution in [3.8, 4) is 5.75 Å². The van der Waals surface area contributed by atoms with Crippen LogP contribution in [-0.4, -0.2) is 18.3 Å². The monoisotopic (exact) mass is 224 g/mol. The molecule has 3 unspecified atom stereocenters. The van der Waals surface area contributed by atoms with Crippen LogP contribution in [0.15, 0.2) is 18.2 Å². The lowest BCUT2D eigenvalue weighted by Crippen LogP contribution is -2.01. The minimum absolute atomic E-state index is 0.197. The minimum Gasteiger partial charge on any atom is -0.497 e. The standard InChI is InChI=1S/C13H17FO2/c1-8(15)5-9-6-12(9)11-4-3-10(16-2)7-13(11)14/h3-4,7-9,12,15H,5-6H2,1-2H3. The largest absolute Gasteiger partial charge is 0.497 e. The normalized spacial score (nSPS) is 25.2. The van der Waals surface area contributed by atoms with Gasteiger partial charge in [0.25, 0.3) is 0 Å². The summed E-state index contributed by atoms with van der Waals surface area (Å²) in [6, 6.07) is 5.00. The summed E-state index contributed by atoms with van der Waals surface area (Å²) in [7, 11) is 1.53. The molecular formula is C13H17FO2. The van der Waals surface area contributed by atoms with Crippen LogP contribution < -0.4 is 4.74 Å². The second-order valence-electron chi connectivity index (χ2n) is 4.57. The summed E-state index contributed by atoms with van der Waals surface area (Å²) in [6.45, 7) is 1.78. The van der Waals surface area contributed by atoms with Gasteiger partial charge < -0.3 is 9.84 Å². The first-order chi connectivity index (χ1) is 7.61. The fourth-order valence-electron chi connectivity index (χ4n) is 2.26. The predicted molar refractivity (Wildman–Crippen MR) is 60.1 cm³/mol. The number of ether oxygens (including phenoxy) is 1. The molecular weight excluding hydrogens is 207 g/mol. The van der Waals surface area contributed by atoms with Gasteiger partial charge in [-0.3, -0.25) is 0 Å². The van der Waals surface area contributed by atoms with E-state index in [-0.39, 0.29) is 17.8 Å². The molecule has 1 aromatic carbocycles. The Balaban J connectivity index is 2.06. The molecule has 0 aromatic heterocycles. The highest BCUT2D eigenvalue weighted by molar-refractivity contribution is 5.34. The zero-order valence-corrected chi connectivity index (χ0v) is 9.61. The van der Waals surface area contributed by atoms with Crippen molar-refractivity contribution in [2.45, 2.75) is 31.8 Å². The summed E-state index contributed by atoms with van der Waals surface area (Å²) in [5.74, 6) is 1.06. The summed E-state index contributed by atoms with van der Waals surface area (Å²) < 4.78 is 18.7. The van der Waals surface area contributed by atoms with Gasteiger partial charge in [-0.15, -0.1) is 0 Å². The topological polar surface area (TPSA) is 29.5 Å². The van der Waals surface area contributed by atoms with Gasteiger partial charge in [-0.25, -0.2) is 4.39 Å². The molecule has 0 heterocycles. The van der Waals surface area contributed by atoms with Crippen molar-refractivity contribution < 1.29 is 14.2 Å². The molecule has 0 saturated heterocycles. The molecule has 2 nitrogen and oxygen atoms in total. The van der Waals surface area contributed by atoms with Gasteiger partial charge in [0.15, 0.2) is 0 Å². The Morgan fingerprint density at radius 1 is 1.56 bits per heavy atom. The molecule has 2 rings (SSSR count). The van der Waals surface area contributed by atoms with E-state index in [1.165, 1.54) is 13.2 Å². The highest BCUT2D eigenvalue weighted by Gasteiger charge is 2.40. The fourth-order valence-corrected chi connectivity index (χ4v) is 2.26. The molecule has 0 bridgehead atoms. The molecule has 1 N–H and O–H groups in total. The first-order valence-electron chi connectivity index (χ1n) is 5.63. The first kappa shape index (κ1) is 11.4. The molecule has 88 valence electrons. The van der Waals surface area contributed by atoms with Crippen LogP contribution in [0.5, 0.6) is 5.75 Å². The molecule has 0 aliphatic heterocycles. The van der Waals surface area contributed by atoms with Crippen LogP contribution in [0.2, 0.25) is 0 Å². The van der Waals surface area contributed by atoms with Crippen molar-refractivity contribution in [2.75, 3.05) is 7.11 Å². The molecule has 0 spiro atoms. The van der Waals surface area contributed by atoms with Crippen molar-refractivity contribution in [2.24, 2.45) is 5.92 Å². The average Bonchev–Trinajstić information content (AvgIpc) is 2.95. The predicted octanol–water partition coefficient (Wildman–Crippen LogP) is 2.71. The molecule has 3 atom stereocenters. The van der Waals surface area contributed by atoms with E-state index in [0.29, 0.717) is 11.7 Å². The zero-order chi connectivity index (χ0) is 11.7. The van der Waals surface area contributed by atoms with E-state index in [1.54, 1.807) is 19.1 Å². The maximum Gasteiger partial charge on any atom is 0.130 e. The van der Waals surface area contributed by atoms with Crippen molar-refractivity contribution >= 4 is 0 Å². The van der Waals surface area contributed by atoms with Gasteiger partial charge >= 0.3 is 0 Å². The Morgan fingerprint density at radius 3 is 2.88 bits per heavy atom. The highest BCUT2D eigenvalue weighted by atomic mass is 19.1. The minimum atomic E-state index is -0.295. The quantitative estimate of drug-likeness (QED) is 0.852. The number of aliphatic hydroxyl groups is 1. The van der Waals surface area contributed by atoms with Crippen LogP contribution in [0, 0.1) is 11.7 Å². The van der Waals surface area contributed by atoms with Gasteiger partial charge in [0.1, 0.15) is 11.6 Å². The van der Waals surface area contributed by atoms with Crippen molar-refractivity contribution in [1.82, 2.24) is 0 Å². The molecule has 1 aromatic rings. The van der Waals surface area contributed by atoms with Crippen LogP contribution in [0.25, 0.3) is 0 Å². The Bertz CT molecular complexity index is 376. The van der Waals surface area contributed by atoms with E-state index in [4.69, 9.17) is 4.74 Å². The van der Waals surface area contributed by atoms with Crippen molar-refractivity contribution in [1.29, 1.82) is 0 Å². The summed E-state index contributed by atoms with van der Waals surface area (Å²) >= 11 is 0. The summed E-state index contributed by atoms with van der Waals surface area (Å²) in [5.41, 5.74) is 0.756. The lowest BCUT2D eigenvalue weighted by atomic mass is 10.1. The summed E-state index contributed by atoms with van der Waals surface area (Å²) in [6.07, 6.45) is 1.45. The molecule has 1 saturated carbocycles. The van der Waals surface area contributed by atoms with E-state index in [9.17, 15) is 9.50 Å². The Labute approximate surface area is 95.1 Å². The Kier molecular flexibility index (Phi) is 3.15. The maximum atomic E-state index is 13.7. The van der Waals surface area contributed by atoms with Crippen molar-refractivity contribution in [3.63, 3.8) is 0 Å². The van der Waals surface area contributed by atoms with Gasteiger partial charge in [-0.05, 0) is 43.2 Å². The van der Waals surface area contributed by atoms with Crippen LogP contribution in [0.1, 0.15) is 31.2 Å². The molecule has 0 radical (unpaired) electrons.